The number of aromatic nitrogens is 3. The summed E-state index contributed by atoms with van der Waals surface area (Å²) in [5.41, 5.74) is 23.1. The number of nitrogens with zero attached hydrogens (tertiary/aromatic N) is 3. The van der Waals surface area contributed by atoms with Crippen LogP contribution in [-0.2, 0) is 25.5 Å². The summed E-state index contributed by atoms with van der Waals surface area (Å²) in [5.74, 6) is 0. The van der Waals surface area contributed by atoms with Gasteiger partial charge in [-0.15, -0.1) is 77.4 Å². The second-order valence-electron chi connectivity index (χ2n) is 19.8. The fourth-order valence-corrected chi connectivity index (χ4v) is 9.75. The van der Waals surface area contributed by atoms with Gasteiger partial charge in [0.1, 0.15) is 0 Å². The first-order valence-corrected chi connectivity index (χ1v) is 25.7. The topological polar surface area (TPSA) is 38.7 Å². The Kier molecular flexibility index (Phi) is 15.9. The normalized spacial score (nSPS) is 10.9. The smallest absolute Gasteiger partial charge is 0.305 e. The van der Waals surface area contributed by atoms with E-state index in [9.17, 15) is 0 Å². The third-order valence-corrected chi connectivity index (χ3v) is 13.7. The van der Waals surface area contributed by atoms with Crippen LogP contribution in [0.5, 0.6) is 0 Å². The molecular weight excluding hydrogens is 1110 g/mol. The average molecular weight is 1170 g/mol. The van der Waals surface area contributed by atoms with Gasteiger partial charge < -0.3 is 9.97 Å². The summed E-state index contributed by atoms with van der Waals surface area (Å²) in [4.78, 5) is 14.1. The van der Waals surface area contributed by atoms with Gasteiger partial charge in [-0.2, -0.15) is 30.3 Å². The molecule has 12 rings (SSSR count). The van der Waals surface area contributed by atoms with Crippen molar-refractivity contribution in [1.29, 1.82) is 0 Å². The first kappa shape index (κ1) is 51.6. The van der Waals surface area contributed by atoms with Gasteiger partial charge in [-0.1, -0.05) is 172 Å². The molecule has 0 fully saturated rings. The minimum atomic E-state index is -0.0392. The molecule has 370 valence electrons. The van der Waals surface area contributed by atoms with Crippen molar-refractivity contribution in [3.63, 3.8) is 0 Å². The second-order valence-corrected chi connectivity index (χ2v) is 19.8. The van der Waals surface area contributed by atoms with Gasteiger partial charge in [0, 0.05) is 35.9 Å². The third kappa shape index (κ3) is 11.8. The van der Waals surface area contributed by atoms with Gasteiger partial charge in [-0.3, -0.25) is 4.98 Å². The van der Waals surface area contributed by atoms with Crippen molar-refractivity contribution in [1.82, 2.24) is 15.0 Å². The summed E-state index contributed by atoms with van der Waals surface area (Å²) < 4.78 is 0. The molecule has 0 aliphatic heterocycles. The molecule has 9 aromatic carbocycles. The van der Waals surface area contributed by atoms with E-state index in [-0.39, 0.29) is 25.5 Å². The standard InChI is InChI=1S/C62H46N2.C11H8N.Ir/c1-62(2,3)52-38-51(40-63-41-52)57-29-16-15-27-55(57)49-35-48(54-26-14-13-25-53(54)45-21-9-5-10-22-45)36-50(37-49)56-28-17-18-30-58(56)60-42-64-61(47-23-11-6-12-24-47)39-59(60)46-33-31-44(32-34-46)43-19-7-4-8-20-43;1-2-6-10(7-3-1)11-8-4-5-9-12-11;/h4-9,11-23,25-42H,1-3H3;1-6,8-9H;/q-2;-1;+3. The largest absolute Gasteiger partial charge is 3.00 e. The molecule has 3 aromatic heterocycles. The summed E-state index contributed by atoms with van der Waals surface area (Å²) in [6, 6.07) is 97.1. The van der Waals surface area contributed by atoms with Crippen molar-refractivity contribution in [2.75, 3.05) is 0 Å². The van der Waals surface area contributed by atoms with Crippen LogP contribution in [-0.4, -0.2) is 15.0 Å². The first-order chi connectivity index (χ1) is 37.3. The number of hydrogen-bond donors (Lipinski definition) is 0. The van der Waals surface area contributed by atoms with Crippen molar-refractivity contribution < 1.29 is 20.1 Å². The van der Waals surface area contributed by atoms with Crippen LogP contribution in [0.25, 0.3) is 112 Å². The molecule has 0 amide bonds. The van der Waals surface area contributed by atoms with Crippen LogP contribution in [0.2, 0.25) is 0 Å². The van der Waals surface area contributed by atoms with E-state index in [1.54, 1.807) is 6.20 Å². The van der Waals surface area contributed by atoms with Crippen LogP contribution in [0.1, 0.15) is 26.3 Å². The number of benzene rings is 9. The van der Waals surface area contributed by atoms with Crippen molar-refractivity contribution in [3.05, 3.63) is 297 Å². The Morgan fingerprint density at radius 1 is 0.325 bits per heavy atom. The van der Waals surface area contributed by atoms with E-state index >= 15 is 0 Å². The number of hydrogen-bond acceptors (Lipinski definition) is 3. The van der Waals surface area contributed by atoms with Gasteiger partial charge in [0.15, 0.2) is 0 Å². The van der Waals surface area contributed by atoms with Crippen molar-refractivity contribution >= 4 is 0 Å². The Hall–Kier alpha value is -8.92. The Morgan fingerprint density at radius 2 is 0.831 bits per heavy atom. The first-order valence-electron chi connectivity index (χ1n) is 25.7. The summed E-state index contributed by atoms with van der Waals surface area (Å²) >= 11 is 0. The predicted octanol–water partition coefficient (Wildman–Crippen LogP) is 18.9. The molecule has 4 heteroatoms. The van der Waals surface area contributed by atoms with Crippen LogP contribution < -0.4 is 0 Å². The van der Waals surface area contributed by atoms with Gasteiger partial charge in [0.2, 0.25) is 0 Å². The maximum atomic E-state index is 5.12. The van der Waals surface area contributed by atoms with E-state index in [0.29, 0.717) is 0 Å². The summed E-state index contributed by atoms with van der Waals surface area (Å²) in [7, 11) is 0. The van der Waals surface area contributed by atoms with Crippen LogP contribution in [0.15, 0.2) is 274 Å². The Bertz CT molecular complexity index is 3840. The molecule has 0 aliphatic rings. The zero-order valence-corrected chi connectivity index (χ0v) is 45.6. The Balaban J connectivity index is 0.000000455. The third-order valence-electron chi connectivity index (χ3n) is 13.7. The zero-order valence-electron chi connectivity index (χ0n) is 43.2. The fourth-order valence-electron chi connectivity index (χ4n) is 9.75. The van der Waals surface area contributed by atoms with Crippen LogP contribution in [0.4, 0.5) is 0 Å². The molecule has 0 spiro atoms. The molecule has 0 aliphatic carbocycles. The van der Waals surface area contributed by atoms with E-state index in [1.807, 2.05) is 85.3 Å². The quantitative estimate of drug-likeness (QED) is 0.128. The molecule has 3 heterocycles. The fraction of sp³-hybridized carbons (Fsp3) is 0.0548. The Labute approximate surface area is 467 Å². The van der Waals surface area contributed by atoms with Gasteiger partial charge in [0.05, 0.1) is 0 Å². The number of rotatable bonds is 10. The molecule has 3 nitrogen and oxygen atoms in total. The molecule has 0 N–H and O–H groups in total. The monoisotopic (exact) mass is 1170 g/mol. The predicted molar refractivity (Wildman–Crippen MR) is 316 cm³/mol. The van der Waals surface area contributed by atoms with E-state index in [1.165, 1.54) is 16.7 Å². The molecule has 77 heavy (non-hydrogen) atoms. The molecular formula is C73H54IrN3. The number of pyridine rings is 3. The van der Waals surface area contributed by atoms with Crippen LogP contribution >= 0.6 is 0 Å². The molecule has 0 saturated heterocycles. The average Bonchev–Trinajstić information content (AvgIpc) is 3.52. The summed E-state index contributed by atoms with van der Waals surface area (Å²) in [6.45, 7) is 6.72. The maximum absolute atomic E-state index is 5.12. The van der Waals surface area contributed by atoms with E-state index < -0.39 is 0 Å². The van der Waals surface area contributed by atoms with Crippen molar-refractivity contribution in [3.8, 4) is 112 Å². The van der Waals surface area contributed by atoms with Crippen molar-refractivity contribution in [2.45, 2.75) is 26.2 Å². The maximum Gasteiger partial charge on any atom is 3.00 e. The molecule has 12 aromatic rings. The van der Waals surface area contributed by atoms with E-state index in [0.717, 1.165) is 100 Å². The molecule has 0 atom stereocenters. The minimum absolute atomic E-state index is 0. The summed E-state index contributed by atoms with van der Waals surface area (Å²) in [5, 5.41) is 0. The minimum Gasteiger partial charge on any atom is -0.305 e. The van der Waals surface area contributed by atoms with E-state index in [2.05, 4.69) is 226 Å². The van der Waals surface area contributed by atoms with E-state index in [4.69, 9.17) is 9.97 Å². The van der Waals surface area contributed by atoms with Crippen LogP contribution in [0.3, 0.4) is 0 Å². The van der Waals surface area contributed by atoms with Crippen LogP contribution in [0, 0.1) is 18.2 Å². The van der Waals surface area contributed by atoms with Crippen molar-refractivity contribution in [2.24, 2.45) is 0 Å². The molecule has 0 bridgehead atoms. The SMILES string of the molecule is CC(C)(C)c1cncc(-c2ccccc2-c2cc(-c3ccccc3-c3c[c-]ccc3)cc(-c3ccccc3-c3cnc(-c4[c-]cccc4)cc3-c3ccc(-c4ccccc4)cc3)c2)c1.[Ir+3].[c-]1ccccc1-c1ccccn1. The zero-order chi connectivity index (χ0) is 51.7. The molecule has 0 radical (unpaired) electrons. The summed E-state index contributed by atoms with van der Waals surface area (Å²) in [6.07, 6.45) is 7.82. The van der Waals surface area contributed by atoms with Gasteiger partial charge in [-0.25, -0.2) is 0 Å². The molecule has 0 saturated carbocycles. The van der Waals surface area contributed by atoms with Gasteiger partial charge in [-0.05, 0) is 119 Å². The van der Waals surface area contributed by atoms with Gasteiger partial charge >= 0.3 is 20.1 Å². The van der Waals surface area contributed by atoms with Gasteiger partial charge in [0.25, 0.3) is 0 Å². The Morgan fingerprint density at radius 3 is 1.39 bits per heavy atom. The molecule has 0 unspecified atom stereocenters. The second kappa shape index (κ2) is 23.7.